The van der Waals surface area contributed by atoms with E-state index in [0.29, 0.717) is 22.2 Å². The van der Waals surface area contributed by atoms with Crippen LogP contribution in [0.5, 0.6) is 11.5 Å². The Morgan fingerprint density at radius 2 is 1.79 bits per heavy atom. The standard InChI is InChI=1S/C14H11BCl3NO4S/c1-22-13-4-7(16)2-3-12(13)23-14(24)19-11-5-8(15(20)21)9(17)6-10(11)18/h2-6,20-21H,1H3,(H,19,24). The van der Waals surface area contributed by atoms with Gasteiger partial charge in [-0.15, -0.1) is 0 Å². The molecule has 5 nitrogen and oxygen atoms in total. The average Bonchev–Trinajstić information content (AvgIpc) is 2.51. The van der Waals surface area contributed by atoms with Crippen molar-refractivity contribution in [1.82, 2.24) is 0 Å². The maximum Gasteiger partial charge on any atom is 0.490 e. The van der Waals surface area contributed by atoms with Gasteiger partial charge in [-0.1, -0.05) is 34.8 Å². The molecule has 24 heavy (non-hydrogen) atoms. The SMILES string of the molecule is COc1cc(Cl)ccc1OC(=S)Nc1cc(B(O)O)c(Cl)cc1Cl. The zero-order chi connectivity index (χ0) is 17.9. The molecule has 2 rings (SSSR count). The molecule has 0 spiro atoms. The van der Waals surface area contributed by atoms with Gasteiger partial charge in [0.05, 0.1) is 17.8 Å². The number of ether oxygens (including phenoxy) is 2. The molecule has 0 aliphatic heterocycles. The molecular formula is C14H11BCl3NO4S. The van der Waals surface area contributed by atoms with Gasteiger partial charge < -0.3 is 24.8 Å². The lowest BCUT2D eigenvalue weighted by atomic mass is 9.80. The van der Waals surface area contributed by atoms with E-state index in [1.165, 1.54) is 19.2 Å². The fourth-order valence-corrected chi connectivity index (χ4v) is 2.71. The fraction of sp³-hybridized carbons (Fsp3) is 0.0714. The predicted molar refractivity (Wildman–Crippen MR) is 101 cm³/mol. The van der Waals surface area contributed by atoms with Crippen molar-refractivity contribution in [2.24, 2.45) is 0 Å². The highest BCUT2D eigenvalue weighted by Crippen LogP contribution is 2.31. The van der Waals surface area contributed by atoms with Gasteiger partial charge in [-0.2, -0.15) is 0 Å². The van der Waals surface area contributed by atoms with E-state index in [2.05, 4.69) is 5.32 Å². The van der Waals surface area contributed by atoms with Gasteiger partial charge in [-0.05, 0) is 36.5 Å². The van der Waals surface area contributed by atoms with Crippen LogP contribution in [0.3, 0.4) is 0 Å². The van der Waals surface area contributed by atoms with Crippen molar-refractivity contribution in [3.63, 3.8) is 0 Å². The molecule has 2 aromatic carbocycles. The van der Waals surface area contributed by atoms with Crippen molar-refractivity contribution in [3.05, 3.63) is 45.4 Å². The molecular weight excluding hydrogens is 395 g/mol. The molecule has 0 saturated heterocycles. The van der Waals surface area contributed by atoms with Crippen LogP contribution >= 0.6 is 47.0 Å². The van der Waals surface area contributed by atoms with Crippen LogP contribution in [0.1, 0.15) is 0 Å². The van der Waals surface area contributed by atoms with Gasteiger partial charge in [0.2, 0.25) is 0 Å². The number of anilines is 1. The maximum atomic E-state index is 9.29. The second kappa shape index (κ2) is 8.25. The smallest absolute Gasteiger partial charge is 0.490 e. The minimum absolute atomic E-state index is 0.0294. The van der Waals surface area contributed by atoms with Crippen LogP contribution in [-0.2, 0) is 0 Å². The van der Waals surface area contributed by atoms with E-state index in [4.69, 9.17) is 56.5 Å². The first-order valence-corrected chi connectivity index (χ1v) is 8.03. The summed E-state index contributed by atoms with van der Waals surface area (Å²) in [5.41, 5.74) is 0.387. The summed E-state index contributed by atoms with van der Waals surface area (Å²) in [4.78, 5) is 0. The maximum absolute atomic E-state index is 9.29. The van der Waals surface area contributed by atoms with Crippen LogP contribution in [0.2, 0.25) is 15.1 Å². The van der Waals surface area contributed by atoms with Gasteiger partial charge in [0.1, 0.15) is 0 Å². The Bertz CT molecular complexity index is 776. The molecule has 0 aromatic heterocycles. The van der Waals surface area contributed by atoms with Gasteiger partial charge in [0, 0.05) is 21.6 Å². The molecule has 10 heteroatoms. The first-order valence-electron chi connectivity index (χ1n) is 6.49. The highest BCUT2D eigenvalue weighted by molar-refractivity contribution is 7.80. The molecule has 0 atom stereocenters. The third-order valence-electron chi connectivity index (χ3n) is 2.93. The highest BCUT2D eigenvalue weighted by atomic mass is 35.5. The molecule has 0 amide bonds. The third-order valence-corrected chi connectivity index (χ3v) is 3.99. The van der Waals surface area contributed by atoms with Gasteiger partial charge in [0.25, 0.3) is 5.17 Å². The first-order chi connectivity index (χ1) is 11.3. The second-order valence-electron chi connectivity index (χ2n) is 4.54. The lowest BCUT2D eigenvalue weighted by Crippen LogP contribution is -2.31. The zero-order valence-corrected chi connectivity index (χ0v) is 15.3. The van der Waals surface area contributed by atoms with Crippen molar-refractivity contribution in [2.45, 2.75) is 0 Å². The van der Waals surface area contributed by atoms with Crippen molar-refractivity contribution < 1.29 is 19.5 Å². The monoisotopic (exact) mass is 405 g/mol. The molecule has 3 N–H and O–H groups in total. The van der Waals surface area contributed by atoms with Crippen molar-refractivity contribution in [3.8, 4) is 11.5 Å². The summed E-state index contributed by atoms with van der Waals surface area (Å²) < 4.78 is 10.7. The molecule has 2 aromatic rings. The summed E-state index contributed by atoms with van der Waals surface area (Å²) in [6.07, 6.45) is 0. The van der Waals surface area contributed by atoms with Crippen molar-refractivity contribution in [1.29, 1.82) is 0 Å². The van der Waals surface area contributed by atoms with E-state index in [9.17, 15) is 10.0 Å². The third kappa shape index (κ3) is 4.66. The van der Waals surface area contributed by atoms with E-state index in [1.807, 2.05) is 0 Å². The summed E-state index contributed by atoms with van der Waals surface area (Å²) >= 11 is 23.0. The largest absolute Gasteiger partial charge is 0.493 e. The number of hydrogen-bond donors (Lipinski definition) is 3. The molecule has 0 unspecified atom stereocenters. The minimum Gasteiger partial charge on any atom is -0.493 e. The van der Waals surface area contributed by atoms with Gasteiger partial charge >= 0.3 is 7.12 Å². The minimum atomic E-state index is -1.75. The average molecular weight is 406 g/mol. The Hall–Kier alpha value is -1.22. The van der Waals surface area contributed by atoms with Crippen LogP contribution in [-0.4, -0.2) is 29.5 Å². The molecule has 0 heterocycles. The molecule has 0 saturated carbocycles. The van der Waals surface area contributed by atoms with Crippen LogP contribution in [0.15, 0.2) is 30.3 Å². The highest BCUT2D eigenvalue weighted by Gasteiger charge is 2.19. The molecule has 0 radical (unpaired) electrons. The summed E-state index contributed by atoms with van der Waals surface area (Å²) in [5.74, 6) is 0.757. The Kier molecular flexibility index (Phi) is 6.57. The zero-order valence-electron chi connectivity index (χ0n) is 12.2. The van der Waals surface area contributed by atoms with Gasteiger partial charge in [-0.25, -0.2) is 0 Å². The quantitative estimate of drug-likeness (QED) is 0.535. The summed E-state index contributed by atoms with van der Waals surface area (Å²) in [6, 6.07) is 7.53. The normalized spacial score (nSPS) is 10.2. The van der Waals surface area contributed by atoms with E-state index in [1.54, 1.807) is 18.2 Å². The molecule has 0 aliphatic carbocycles. The number of hydrogen-bond acceptors (Lipinski definition) is 5. The number of methoxy groups -OCH3 is 1. The summed E-state index contributed by atoms with van der Waals surface area (Å²) in [7, 11) is -0.277. The van der Waals surface area contributed by atoms with Crippen LogP contribution in [0.25, 0.3) is 0 Å². The Morgan fingerprint density at radius 1 is 1.08 bits per heavy atom. The molecule has 0 bridgehead atoms. The fourth-order valence-electron chi connectivity index (χ4n) is 1.82. The summed E-state index contributed by atoms with van der Waals surface area (Å²) in [6.45, 7) is 0. The van der Waals surface area contributed by atoms with E-state index in [-0.39, 0.29) is 20.7 Å². The number of thiocarbonyl (C=S) groups is 1. The molecule has 126 valence electrons. The Morgan fingerprint density at radius 3 is 2.42 bits per heavy atom. The van der Waals surface area contributed by atoms with Gasteiger partial charge in [-0.3, -0.25) is 0 Å². The van der Waals surface area contributed by atoms with Crippen molar-refractivity contribution in [2.75, 3.05) is 12.4 Å². The first kappa shape index (κ1) is 19.1. The molecule has 0 aliphatic rings. The Labute approximate surface area is 159 Å². The number of benzene rings is 2. The summed E-state index contributed by atoms with van der Waals surface area (Å²) in [5, 5.41) is 22.1. The van der Waals surface area contributed by atoms with E-state index >= 15 is 0 Å². The predicted octanol–water partition coefficient (Wildman–Crippen LogP) is 3.11. The van der Waals surface area contributed by atoms with E-state index < -0.39 is 7.12 Å². The van der Waals surface area contributed by atoms with Crippen LogP contribution in [0, 0.1) is 0 Å². The van der Waals surface area contributed by atoms with E-state index in [0.717, 1.165) is 0 Å². The number of halogens is 3. The topological polar surface area (TPSA) is 71.0 Å². The van der Waals surface area contributed by atoms with Crippen LogP contribution < -0.4 is 20.3 Å². The second-order valence-corrected chi connectivity index (χ2v) is 6.16. The van der Waals surface area contributed by atoms with Crippen LogP contribution in [0.4, 0.5) is 5.69 Å². The lowest BCUT2D eigenvalue weighted by Gasteiger charge is -2.14. The number of rotatable bonds is 4. The Balaban J connectivity index is 2.20. The number of nitrogens with one attached hydrogen (secondary N) is 1. The lowest BCUT2D eigenvalue weighted by molar-refractivity contribution is 0.392. The van der Waals surface area contributed by atoms with Gasteiger partial charge in [0.15, 0.2) is 11.5 Å². The van der Waals surface area contributed by atoms with Crippen molar-refractivity contribution >= 4 is 70.5 Å². The molecule has 0 fully saturated rings.